The molecule has 1 saturated heterocycles. The predicted molar refractivity (Wildman–Crippen MR) is 117 cm³/mol. The number of nitrogens with two attached hydrogens (primary N) is 1. The monoisotopic (exact) mass is 438 g/mol. The number of ether oxygens (including phenoxy) is 2. The molecule has 4 rings (SSSR count). The van der Waals surface area contributed by atoms with E-state index in [1.807, 2.05) is 0 Å². The summed E-state index contributed by atoms with van der Waals surface area (Å²) in [4.78, 5) is 37.2. The number of nitrogens with zero attached hydrogens (tertiary/aromatic N) is 2. The van der Waals surface area contributed by atoms with Crippen LogP contribution in [-0.2, 0) is 16.1 Å². The van der Waals surface area contributed by atoms with Gasteiger partial charge in [0.1, 0.15) is 5.75 Å². The molecule has 0 aliphatic carbocycles. The summed E-state index contributed by atoms with van der Waals surface area (Å²) in [7, 11) is 0. The summed E-state index contributed by atoms with van der Waals surface area (Å²) in [5.41, 5.74) is 7.78. The molecule has 0 radical (unpaired) electrons. The second kappa shape index (κ2) is 9.06. The number of hydrogen-bond donors (Lipinski definition) is 2. The van der Waals surface area contributed by atoms with E-state index < -0.39 is 16.7 Å². The molecule has 2 heterocycles. The topological polar surface area (TPSA) is 137 Å². The first-order valence-electron chi connectivity index (χ1n) is 10.1. The standard InChI is InChI=1S/C22H22N4O6/c23-22(28)15-3-5-19(25-7-1-2-8-25)18(11-15)24-20(27)6-4-14-9-17(26(29)30)10-16-12-31-13-32-21(14)16/h3-6,9-11H,1-2,7-8,12-13H2,(H2,23,28)(H,24,27)/b6-4+. The van der Waals surface area contributed by atoms with Gasteiger partial charge >= 0.3 is 0 Å². The molecule has 2 aliphatic heterocycles. The van der Waals surface area contributed by atoms with Gasteiger partial charge in [-0.05, 0) is 37.1 Å². The quantitative estimate of drug-likeness (QED) is 0.402. The maximum absolute atomic E-state index is 12.7. The molecule has 0 spiro atoms. The predicted octanol–water partition coefficient (Wildman–Crippen LogP) is 2.81. The van der Waals surface area contributed by atoms with E-state index in [2.05, 4.69) is 10.2 Å². The number of nitro groups is 1. The van der Waals surface area contributed by atoms with Crippen LogP contribution in [0.1, 0.15) is 34.3 Å². The largest absolute Gasteiger partial charge is 0.467 e. The maximum Gasteiger partial charge on any atom is 0.270 e. The zero-order valence-corrected chi connectivity index (χ0v) is 17.2. The fourth-order valence-electron chi connectivity index (χ4n) is 3.82. The van der Waals surface area contributed by atoms with E-state index in [-0.39, 0.29) is 24.7 Å². The normalized spacial score (nSPS) is 15.3. The van der Waals surface area contributed by atoms with Crippen molar-refractivity contribution in [1.29, 1.82) is 0 Å². The van der Waals surface area contributed by atoms with Gasteiger partial charge in [0.25, 0.3) is 5.69 Å². The highest BCUT2D eigenvalue weighted by molar-refractivity contribution is 6.05. The SMILES string of the molecule is NC(=O)c1ccc(N2CCCC2)c(NC(=O)/C=C/c2cc([N+](=O)[O-])cc3c2OCOC3)c1. The lowest BCUT2D eigenvalue weighted by atomic mass is 10.1. The Morgan fingerprint density at radius 3 is 2.69 bits per heavy atom. The fraction of sp³-hybridized carbons (Fsp3) is 0.273. The number of fused-ring (bicyclic) bond motifs is 1. The number of rotatable bonds is 6. The second-order valence-electron chi connectivity index (χ2n) is 7.50. The molecule has 0 aromatic heterocycles. The number of hydrogen-bond acceptors (Lipinski definition) is 7. The number of primary amides is 1. The van der Waals surface area contributed by atoms with Gasteiger partial charge < -0.3 is 25.4 Å². The lowest BCUT2D eigenvalue weighted by Gasteiger charge is -2.22. The summed E-state index contributed by atoms with van der Waals surface area (Å²) in [6.45, 7) is 1.92. The van der Waals surface area contributed by atoms with Crippen molar-refractivity contribution >= 4 is 35.0 Å². The van der Waals surface area contributed by atoms with Crippen LogP contribution in [0.5, 0.6) is 5.75 Å². The number of benzene rings is 2. The highest BCUT2D eigenvalue weighted by Crippen LogP contribution is 2.34. The van der Waals surface area contributed by atoms with Gasteiger partial charge in [-0.1, -0.05) is 0 Å². The third-order valence-corrected chi connectivity index (χ3v) is 5.33. The Balaban J connectivity index is 1.60. The minimum absolute atomic E-state index is 0.0248. The van der Waals surface area contributed by atoms with Crippen molar-refractivity contribution in [1.82, 2.24) is 0 Å². The number of carbonyl (C=O) groups excluding carboxylic acids is 2. The highest BCUT2D eigenvalue weighted by Gasteiger charge is 2.21. The Labute approximate surface area is 183 Å². The molecule has 10 heteroatoms. The third kappa shape index (κ3) is 4.54. The molecule has 2 amide bonds. The van der Waals surface area contributed by atoms with Gasteiger partial charge in [0.05, 0.1) is 22.9 Å². The van der Waals surface area contributed by atoms with Gasteiger partial charge in [0, 0.05) is 48.0 Å². The van der Waals surface area contributed by atoms with Crippen molar-refractivity contribution in [2.24, 2.45) is 5.73 Å². The fourth-order valence-corrected chi connectivity index (χ4v) is 3.82. The van der Waals surface area contributed by atoms with Crippen LogP contribution < -0.4 is 20.7 Å². The van der Waals surface area contributed by atoms with Crippen LogP contribution in [0.25, 0.3) is 6.08 Å². The number of carbonyl (C=O) groups is 2. The van der Waals surface area contributed by atoms with Crippen LogP contribution in [0, 0.1) is 10.1 Å². The van der Waals surface area contributed by atoms with Gasteiger partial charge in [-0.15, -0.1) is 0 Å². The molecule has 10 nitrogen and oxygen atoms in total. The summed E-state index contributed by atoms with van der Waals surface area (Å²) in [5, 5.41) is 14.0. The maximum atomic E-state index is 12.7. The summed E-state index contributed by atoms with van der Waals surface area (Å²) in [6.07, 6.45) is 4.82. The van der Waals surface area contributed by atoms with E-state index in [9.17, 15) is 19.7 Å². The van der Waals surface area contributed by atoms with Crippen LogP contribution in [0.3, 0.4) is 0 Å². The van der Waals surface area contributed by atoms with E-state index in [0.717, 1.165) is 31.6 Å². The smallest absolute Gasteiger partial charge is 0.270 e. The average Bonchev–Trinajstić information content (AvgIpc) is 3.31. The van der Waals surface area contributed by atoms with Crippen molar-refractivity contribution in [3.05, 3.63) is 63.2 Å². The molecule has 0 saturated carbocycles. The molecular formula is C22H22N4O6. The third-order valence-electron chi connectivity index (χ3n) is 5.33. The van der Waals surface area contributed by atoms with Crippen molar-refractivity contribution < 1.29 is 24.0 Å². The van der Waals surface area contributed by atoms with Crippen LogP contribution >= 0.6 is 0 Å². The van der Waals surface area contributed by atoms with Crippen LogP contribution in [0.2, 0.25) is 0 Å². The van der Waals surface area contributed by atoms with Crippen LogP contribution in [0.15, 0.2) is 36.4 Å². The Hall–Kier alpha value is -3.92. The molecule has 0 atom stereocenters. The summed E-state index contributed by atoms with van der Waals surface area (Å²) < 4.78 is 10.7. The lowest BCUT2D eigenvalue weighted by Crippen LogP contribution is -2.21. The number of nitro benzene ring substituents is 1. The van der Waals surface area contributed by atoms with Crippen molar-refractivity contribution in [3.63, 3.8) is 0 Å². The first-order valence-corrected chi connectivity index (χ1v) is 10.1. The van der Waals surface area contributed by atoms with E-state index in [1.165, 1.54) is 24.3 Å². The van der Waals surface area contributed by atoms with E-state index in [0.29, 0.717) is 22.6 Å². The van der Waals surface area contributed by atoms with Crippen molar-refractivity contribution in [2.75, 3.05) is 30.1 Å². The van der Waals surface area contributed by atoms with Gasteiger partial charge in [0.2, 0.25) is 11.8 Å². The molecule has 0 bridgehead atoms. The zero-order chi connectivity index (χ0) is 22.7. The highest BCUT2D eigenvalue weighted by atomic mass is 16.7. The molecular weight excluding hydrogens is 416 g/mol. The van der Waals surface area contributed by atoms with Crippen LogP contribution in [0.4, 0.5) is 17.1 Å². The summed E-state index contributed by atoms with van der Waals surface area (Å²) in [6, 6.07) is 7.70. The Morgan fingerprint density at radius 1 is 1.19 bits per heavy atom. The first kappa shape index (κ1) is 21.3. The average molecular weight is 438 g/mol. The lowest BCUT2D eigenvalue weighted by molar-refractivity contribution is -0.385. The molecule has 2 aromatic carbocycles. The Kier molecular flexibility index (Phi) is 6.04. The van der Waals surface area contributed by atoms with Gasteiger partial charge in [0.15, 0.2) is 6.79 Å². The summed E-state index contributed by atoms with van der Waals surface area (Å²) in [5.74, 6) is -0.606. The number of nitrogens with one attached hydrogen (secondary N) is 1. The van der Waals surface area contributed by atoms with E-state index in [4.69, 9.17) is 15.2 Å². The Bertz CT molecular complexity index is 1110. The van der Waals surface area contributed by atoms with Gasteiger partial charge in [-0.2, -0.15) is 0 Å². The summed E-state index contributed by atoms with van der Waals surface area (Å²) >= 11 is 0. The first-order chi connectivity index (χ1) is 15.4. The van der Waals surface area contributed by atoms with Crippen molar-refractivity contribution in [3.8, 4) is 5.75 Å². The zero-order valence-electron chi connectivity index (χ0n) is 17.2. The second-order valence-corrected chi connectivity index (χ2v) is 7.50. The number of non-ortho nitro benzene ring substituents is 1. The minimum atomic E-state index is -0.591. The molecule has 166 valence electrons. The number of amides is 2. The Morgan fingerprint density at radius 2 is 1.97 bits per heavy atom. The molecule has 2 aliphatic rings. The van der Waals surface area contributed by atoms with E-state index in [1.54, 1.807) is 18.2 Å². The minimum Gasteiger partial charge on any atom is -0.467 e. The molecule has 3 N–H and O–H groups in total. The number of anilines is 2. The molecule has 32 heavy (non-hydrogen) atoms. The molecule has 0 unspecified atom stereocenters. The van der Waals surface area contributed by atoms with Gasteiger partial charge in [-0.25, -0.2) is 0 Å². The van der Waals surface area contributed by atoms with E-state index >= 15 is 0 Å². The van der Waals surface area contributed by atoms with Crippen molar-refractivity contribution in [2.45, 2.75) is 19.4 Å². The van der Waals surface area contributed by atoms with Gasteiger partial charge in [-0.3, -0.25) is 19.7 Å². The molecule has 2 aromatic rings. The molecule has 1 fully saturated rings. The van der Waals surface area contributed by atoms with Crippen LogP contribution in [-0.4, -0.2) is 36.6 Å².